The van der Waals surface area contributed by atoms with Gasteiger partial charge in [-0.2, -0.15) is 0 Å². The number of benzene rings is 1. The SMILES string of the molecule is Oc1cccc(O)c1O.[H-].[K+]. The van der Waals surface area contributed by atoms with E-state index in [-0.39, 0.29) is 64.3 Å². The van der Waals surface area contributed by atoms with E-state index in [4.69, 9.17) is 15.3 Å². The molecule has 0 atom stereocenters. The van der Waals surface area contributed by atoms with Crippen LogP contribution in [0.15, 0.2) is 18.2 Å². The van der Waals surface area contributed by atoms with Gasteiger partial charge < -0.3 is 16.7 Å². The fraction of sp³-hybridized carbons (Fsp3) is 0. The summed E-state index contributed by atoms with van der Waals surface area (Å²) >= 11 is 0. The zero-order chi connectivity index (χ0) is 6.85. The summed E-state index contributed by atoms with van der Waals surface area (Å²) in [6, 6.07) is 4.01. The maximum absolute atomic E-state index is 8.71. The average molecular weight is 166 g/mol. The van der Waals surface area contributed by atoms with E-state index in [0.717, 1.165) is 0 Å². The molecule has 0 amide bonds. The van der Waals surface area contributed by atoms with Gasteiger partial charge in [0.15, 0.2) is 17.2 Å². The van der Waals surface area contributed by atoms with Crippen molar-refractivity contribution in [2.75, 3.05) is 0 Å². The van der Waals surface area contributed by atoms with Crippen LogP contribution in [0.3, 0.4) is 0 Å². The summed E-state index contributed by atoms with van der Waals surface area (Å²) in [5.74, 6) is -1.09. The Morgan fingerprint density at radius 3 is 1.70 bits per heavy atom. The number of hydrogen-bond donors (Lipinski definition) is 3. The van der Waals surface area contributed by atoms with Gasteiger partial charge >= 0.3 is 51.4 Å². The Kier molecular flexibility index (Phi) is 4.31. The Morgan fingerprint density at radius 1 is 1.00 bits per heavy atom. The van der Waals surface area contributed by atoms with Gasteiger partial charge in [0.1, 0.15) is 0 Å². The van der Waals surface area contributed by atoms with Crippen LogP contribution in [0.4, 0.5) is 0 Å². The third-order valence-electron chi connectivity index (χ3n) is 0.993. The number of phenolic OH excluding ortho intramolecular Hbond substituents is 3. The minimum Gasteiger partial charge on any atom is -1.00 e. The van der Waals surface area contributed by atoms with Gasteiger partial charge in [-0.3, -0.25) is 0 Å². The first-order valence-electron chi connectivity index (χ1n) is 2.41. The van der Waals surface area contributed by atoms with E-state index in [9.17, 15) is 0 Å². The molecule has 1 aromatic carbocycles. The van der Waals surface area contributed by atoms with Crippen molar-refractivity contribution in [1.82, 2.24) is 0 Å². The smallest absolute Gasteiger partial charge is 1.00 e. The van der Waals surface area contributed by atoms with E-state index < -0.39 is 5.75 Å². The minimum absolute atomic E-state index is 0. The minimum atomic E-state index is -0.475. The van der Waals surface area contributed by atoms with E-state index in [2.05, 4.69) is 0 Å². The number of hydrogen-bond acceptors (Lipinski definition) is 3. The topological polar surface area (TPSA) is 60.7 Å². The predicted molar refractivity (Wildman–Crippen MR) is 32.5 cm³/mol. The average Bonchev–Trinajstić information content (AvgIpc) is 1.83. The first-order valence-corrected chi connectivity index (χ1v) is 2.41. The molecule has 3 N–H and O–H groups in total. The van der Waals surface area contributed by atoms with E-state index >= 15 is 0 Å². The molecule has 0 aliphatic rings. The Morgan fingerprint density at radius 2 is 1.40 bits per heavy atom. The molecular formula is C6H7KO3. The molecule has 0 radical (unpaired) electrons. The van der Waals surface area contributed by atoms with Crippen molar-refractivity contribution < 1.29 is 68.1 Å². The predicted octanol–water partition coefficient (Wildman–Crippen LogP) is -2.08. The number of rotatable bonds is 0. The summed E-state index contributed by atoms with van der Waals surface area (Å²) in [5, 5.41) is 26.1. The number of phenols is 3. The Balaban J connectivity index is 0. The summed E-state index contributed by atoms with van der Waals surface area (Å²) in [7, 11) is 0. The van der Waals surface area contributed by atoms with Gasteiger partial charge in [-0.1, -0.05) is 6.07 Å². The number of para-hydroxylation sites is 1. The zero-order valence-electron chi connectivity index (χ0n) is 6.57. The second kappa shape index (κ2) is 4.20. The van der Waals surface area contributed by atoms with Crippen LogP contribution in [-0.4, -0.2) is 15.3 Å². The van der Waals surface area contributed by atoms with Crippen molar-refractivity contribution in [3.8, 4) is 17.2 Å². The van der Waals surface area contributed by atoms with Crippen LogP contribution in [0, 0.1) is 0 Å². The molecule has 10 heavy (non-hydrogen) atoms. The standard InChI is InChI=1S/C6H6O3.K.H/c7-4-2-1-3-5(8)6(4)9;;/h1-3,7-9H;;/q;+1;-1. The largest absolute Gasteiger partial charge is 1.00 e. The molecule has 1 aromatic rings. The maximum Gasteiger partial charge on any atom is 1.00 e. The summed E-state index contributed by atoms with van der Waals surface area (Å²) in [6.07, 6.45) is 0. The normalized spacial score (nSPS) is 8.40. The maximum atomic E-state index is 8.71. The van der Waals surface area contributed by atoms with Crippen LogP contribution < -0.4 is 51.4 Å². The molecule has 0 unspecified atom stereocenters. The summed E-state index contributed by atoms with van der Waals surface area (Å²) < 4.78 is 0. The van der Waals surface area contributed by atoms with Crippen LogP contribution in [0.2, 0.25) is 0 Å². The van der Waals surface area contributed by atoms with Gasteiger partial charge in [-0.05, 0) is 12.1 Å². The summed E-state index contributed by atoms with van der Waals surface area (Å²) in [6.45, 7) is 0. The van der Waals surface area contributed by atoms with Crippen LogP contribution >= 0.6 is 0 Å². The Hall–Kier alpha value is 0.256. The van der Waals surface area contributed by atoms with Crippen LogP contribution in [0.1, 0.15) is 1.43 Å². The molecule has 4 heteroatoms. The van der Waals surface area contributed by atoms with Crippen molar-refractivity contribution in [3.63, 3.8) is 0 Å². The van der Waals surface area contributed by atoms with E-state index in [0.29, 0.717) is 0 Å². The first-order chi connectivity index (χ1) is 4.22. The molecule has 3 nitrogen and oxygen atoms in total. The van der Waals surface area contributed by atoms with Crippen LogP contribution in [0.25, 0.3) is 0 Å². The molecule has 0 aliphatic heterocycles. The van der Waals surface area contributed by atoms with Crippen molar-refractivity contribution in [2.24, 2.45) is 0 Å². The van der Waals surface area contributed by atoms with Gasteiger partial charge in [-0.15, -0.1) is 0 Å². The zero-order valence-corrected chi connectivity index (χ0v) is 8.70. The molecule has 0 spiro atoms. The molecule has 0 aliphatic carbocycles. The van der Waals surface area contributed by atoms with E-state index in [1.165, 1.54) is 18.2 Å². The van der Waals surface area contributed by atoms with Crippen LogP contribution in [-0.2, 0) is 0 Å². The molecule has 0 saturated carbocycles. The monoisotopic (exact) mass is 166 g/mol. The second-order valence-electron chi connectivity index (χ2n) is 1.64. The molecule has 0 saturated heterocycles. The first kappa shape index (κ1) is 10.3. The van der Waals surface area contributed by atoms with E-state index in [1.54, 1.807) is 0 Å². The summed E-state index contributed by atoms with van der Waals surface area (Å²) in [4.78, 5) is 0. The fourth-order valence-corrected chi connectivity index (χ4v) is 0.519. The fourth-order valence-electron chi connectivity index (χ4n) is 0.519. The van der Waals surface area contributed by atoms with E-state index in [1.807, 2.05) is 0 Å². The van der Waals surface area contributed by atoms with Crippen molar-refractivity contribution in [1.29, 1.82) is 0 Å². The van der Waals surface area contributed by atoms with Gasteiger partial charge in [0.05, 0.1) is 0 Å². The van der Waals surface area contributed by atoms with Crippen LogP contribution in [0.5, 0.6) is 17.2 Å². The molecule has 0 aromatic heterocycles. The third kappa shape index (κ3) is 2.14. The molecule has 0 bridgehead atoms. The number of aromatic hydroxyl groups is 3. The Labute approximate surface area is 102 Å². The van der Waals surface area contributed by atoms with Gasteiger partial charge in [0, 0.05) is 0 Å². The Bertz CT molecular complexity index is 209. The summed E-state index contributed by atoms with van der Waals surface area (Å²) in [5.41, 5.74) is 0. The second-order valence-corrected chi connectivity index (χ2v) is 1.64. The quantitative estimate of drug-likeness (QED) is 0.306. The third-order valence-corrected chi connectivity index (χ3v) is 0.993. The molecular weight excluding hydrogens is 159 g/mol. The van der Waals surface area contributed by atoms with Crippen molar-refractivity contribution in [2.45, 2.75) is 0 Å². The molecule has 0 fully saturated rings. The van der Waals surface area contributed by atoms with Gasteiger partial charge in [-0.25, -0.2) is 0 Å². The molecule has 0 heterocycles. The van der Waals surface area contributed by atoms with Gasteiger partial charge in [0.25, 0.3) is 0 Å². The van der Waals surface area contributed by atoms with Crippen molar-refractivity contribution in [3.05, 3.63) is 18.2 Å². The van der Waals surface area contributed by atoms with Gasteiger partial charge in [0.2, 0.25) is 0 Å². The van der Waals surface area contributed by atoms with Crippen molar-refractivity contribution >= 4 is 0 Å². The molecule has 1 rings (SSSR count). The molecule has 50 valence electrons.